The molecule has 25 heavy (non-hydrogen) atoms. The fourth-order valence-electron chi connectivity index (χ4n) is 2.65. The third-order valence-corrected chi connectivity index (χ3v) is 5.29. The van der Waals surface area contributed by atoms with E-state index in [4.69, 9.17) is 13.9 Å². The van der Waals surface area contributed by atoms with Gasteiger partial charge in [0.2, 0.25) is 21.8 Å². The molecule has 8 nitrogen and oxygen atoms in total. The Bertz CT molecular complexity index is 821. The standard InChI is InChI=1S/C16H21N3O5S/c1-22-13-5-3-4-12(10-13)6-7-15-17-18-16(24-15)14-11-19(8-9-23-14)25(2,20)21/h3-5,10,14H,6-9,11H2,1-2H3. The summed E-state index contributed by atoms with van der Waals surface area (Å²) in [4.78, 5) is 0. The van der Waals surface area contributed by atoms with Crippen LogP contribution in [0, 0.1) is 0 Å². The first-order valence-corrected chi connectivity index (χ1v) is 9.82. The zero-order valence-electron chi connectivity index (χ0n) is 14.2. The maximum atomic E-state index is 11.7. The molecule has 3 rings (SSSR count). The van der Waals surface area contributed by atoms with Gasteiger partial charge < -0.3 is 13.9 Å². The average Bonchev–Trinajstić information content (AvgIpc) is 3.09. The minimum atomic E-state index is -3.26. The van der Waals surface area contributed by atoms with Crippen molar-refractivity contribution in [3.63, 3.8) is 0 Å². The molecule has 0 aliphatic carbocycles. The zero-order valence-corrected chi connectivity index (χ0v) is 15.0. The predicted molar refractivity (Wildman–Crippen MR) is 89.8 cm³/mol. The maximum Gasteiger partial charge on any atom is 0.246 e. The number of methoxy groups -OCH3 is 1. The lowest BCUT2D eigenvalue weighted by molar-refractivity contribution is -0.0176. The molecule has 1 fully saturated rings. The molecule has 0 spiro atoms. The van der Waals surface area contributed by atoms with Crippen molar-refractivity contribution in [2.75, 3.05) is 33.1 Å². The Morgan fingerprint density at radius 1 is 1.32 bits per heavy atom. The molecule has 0 saturated carbocycles. The van der Waals surface area contributed by atoms with E-state index in [1.165, 1.54) is 10.6 Å². The Morgan fingerprint density at radius 2 is 2.16 bits per heavy atom. The highest BCUT2D eigenvalue weighted by Gasteiger charge is 2.30. The van der Waals surface area contributed by atoms with E-state index in [-0.39, 0.29) is 6.54 Å². The Balaban J connectivity index is 1.62. The Kier molecular flexibility index (Phi) is 5.36. The second kappa shape index (κ2) is 7.51. The molecule has 1 unspecified atom stereocenters. The summed E-state index contributed by atoms with van der Waals surface area (Å²) in [7, 11) is -1.63. The van der Waals surface area contributed by atoms with Crippen molar-refractivity contribution in [2.45, 2.75) is 18.9 Å². The number of aromatic nitrogens is 2. The van der Waals surface area contributed by atoms with Crippen LogP contribution in [0.2, 0.25) is 0 Å². The second-order valence-electron chi connectivity index (χ2n) is 5.87. The van der Waals surface area contributed by atoms with Gasteiger partial charge >= 0.3 is 0 Å². The lowest BCUT2D eigenvalue weighted by atomic mass is 10.1. The molecule has 1 aliphatic rings. The highest BCUT2D eigenvalue weighted by Crippen LogP contribution is 2.23. The van der Waals surface area contributed by atoms with Crippen molar-refractivity contribution in [1.82, 2.24) is 14.5 Å². The Labute approximate surface area is 146 Å². The van der Waals surface area contributed by atoms with E-state index in [9.17, 15) is 8.42 Å². The van der Waals surface area contributed by atoms with Crippen LogP contribution >= 0.6 is 0 Å². The number of ether oxygens (including phenoxy) is 2. The van der Waals surface area contributed by atoms with Gasteiger partial charge in [0.05, 0.1) is 20.0 Å². The molecule has 2 heterocycles. The number of morpholine rings is 1. The van der Waals surface area contributed by atoms with Crippen molar-refractivity contribution in [3.05, 3.63) is 41.6 Å². The quantitative estimate of drug-likeness (QED) is 0.757. The van der Waals surface area contributed by atoms with Crippen LogP contribution in [0.3, 0.4) is 0 Å². The van der Waals surface area contributed by atoms with Crippen LogP contribution in [-0.4, -0.2) is 56.0 Å². The highest BCUT2D eigenvalue weighted by atomic mass is 32.2. The normalized spacial score (nSPS) is 19.0. The molecular weight excluding hydrogens is 346 g/mol. The summed E-state index contributed by atoms with van der Waals surface area (Å²) in [5, 5.41) is 8.05. The molecule has 2 aromatic rings. The fourth-order valence-corrected chi connectivity index (χ4v) is 3.47. The Morgan fingerprint density at radius 3 is 2.92 bits per heavy atom. The van der Waals surface area contributed by atoms with Gasteiger partial charge in [-0.05, 0) is 24.1 Å². The number of benzene rings is 1. The Hall–Kier alpha value is -1.97. The van der Waals surface area contributed by atoms with E-state index >= 15 is 0 Å². The number of hydrogen-bond acceptors (Lipinski definition) is 7. The van der Waals surface area contributed by atoms with Crippen molar-refractivity contribution in [3.8, 4) is 5.75 Å². The molecular formula is C16H21N3O5S. The fraction of sp³-hybridized carbons (Fsp3) is 0.500. The van der Waals surface area contributed by atoms with Gasteiger partial charge in [-0.25, -0.2) is 8.42 Å². The lowest BCUT2D eigenvalue weighted by Crippen LogP contribution is -2.41. The monoisotopic (exact) mass is 367 g/mol. The van der Waals surface area contributed by atoms with Crippen LogP contribution in [-0.2, 0) is 27.6 Å². The van der Waals surface area contributed by atoms with Gasteiger partial charge in [0.25, 0.3) is 0 Å². The number of sulfonamides is 1. The molecule has 1 saturated heterocycles. The molecule has 1 atom stereocenters. The molecule has 0 bridgehead atoms. The lowest BCUT2D eigenvalue weighted by Gasteiger charge is -2.29. The minimum absolute atomic E-state index is 0.191. The SMILES string of the molecule is COc1cccc(CCc2nnc(C3CN(S(C)(=O)=O)CCO3)o2)c1. The van der Waals surface area contributed by atoms with Crippen molar-refractivity contribution >= 4 is 10.0 Å². The molecule has 9 heteroatoms. The topological polar surface area (TPSA) is 94.8 Å². The summed E-state index contributed by atoms with van der Waals surface area (Å²) in [6.45, 7) is 0.835. The van der Waals surface area contributed by atoms with E-state index in [1.54, 1.807) is 7.11 Å². The summed E-state index contributed by atoms with van der Waals surface area (Å²) in [5.74, 6) is 1.62. The average molecular weight is 367 g/mol. The summed E-state index contributed by atoms with van der Waals surface area (Å²) in [6.07, 6.45) is 1.98. The van der Waals surface area contributed by atoms with Gasteiger partial charge in [-0.3, -0.25) is 0 Å². The predicted octanol–water partition coefficient (Wildman–Crippen LogP) is 1.20. The first-order valence-electron chi connectivity index (χ1n) is 7.97. The third kappa shape index (κ3) is 4.56. The van der Waals surface area contributed by atoms with Crippen molar-refractivity contribution in [1.29, 1.82) is 0 Å². The van der Waals surface area contributed by atoms with E-state index < -0.39 is 16.1 Å². The van der Waals surface area contributed by atoms with Gasteiger partial charge in [0.15, 0.2) is 0 Å². The number of hydrogen-bond donors (Lipinski definition) is 0. The maximum absolute atomic E-state index is 11.7. The van der Waals surface area contributed by atoms with Crippen molar-refractivity contribution in [2.24, 2.45) is 0 Å². The summed E-state index contributed by atoms with van der Waals surface area (Å²) >= 11 is 0. The molecule has 136 valence electrons. The summed E-state index contributed by atoms with van der Waals surface area (Å²) in [6, 6.07) is 7.80. The van der Waals surface area contributed by atoms with Crippen molar-refractivity contribution < 1.29 is 22.3 Å². The van der Waals surface area contributed by atoms with Gasteiger partial charge in [-0.1, -0.05) is 12.1 Å². The highest BCUT2D eigenvalue weighted by molar-refractivity contribution is 7.88. The van der Waals surface area contributed by atoms with E-state index in [2.05, 4.69) is 10.2 Å². The largest absolute Gasteiger partial charge is 0.497 e. The zero-order chi connectivity index (χ0) is 17.9. The van der Waals surface area contributed by atoms with E-state index in [0.29, 0.717) is 31.4 Å². The third-order valence-electron chi connectivity index (χ3n) is 4.02. The van der Waals surface area contributed by atoms with Gasteiger partial charge in [0.1, 0.15) is 11.9 Å². The minimum Gasteiger partial charge on any atom is -0.497 e. The van der Waals surface area contributed by atoms with E-state index in [0.717, 1.165) is 17.7 Å². The summed E-state index contributed by atoms with van der Waals surface area (Å²) < 4.78 is 41.2. The molecule has 0 amide bonds. The molecule has 1 aromatic carbocycles. The number of rotatable bonds is 6. The van der Waals surface area contributed by atoms with Gasteiger partial charge in [-0.15, -0.1) is 10.2 Å². The first kappa shape index (κ1) is 17.8. The van der Waals surface area contributed by atoms with Crippen LogP contribution in [0.15, 0.2) is 28.7 Å². The van der Waals surface area contributed by atoms with Gasteiger partial charge in [0, 0.05) is 19.5 Å². The van der Waals surface area contributed by atoms with Crippen LogP contribution < -0.4 is 4.74 Å². The van der Waals surface area contributed by atoms with Crippen LogP contribution in [0.25, 0.3) is 0 Å². The summed E-state index contributed by atoms with van der Waals surface area (Å²) in [5.41, 5.74) is 1.11. The van der Waals surface area contributed by atoms with Crippen LogP contribution in [0.4, 0.5) is 0 Å². The second-order valence-corrected chi connectivity index (χ2v) is 7.85. The number of nitrogens with zero attached hydrogens (tertiary/aromatic N) is 3. The van der Waals surface area contributed by atoms with Crippen LogP contribution in [0.1, 0.15) is 23.4 Å². The molecule has 1 aliphatic heterocycles. The number of aryl methyl sites for hydroxylation is 2. The van der Waals surface area contributed by atoms with Crippen LogP contribution in [0.5, 0.6) is 5.75 Å². The van der Waals surface area contributed by atoms with Gasteiger partial charge in [-0.2, -0.15) is 4.31 Å². The van der Waals surface area contributed by atoms with E-state index in [1.807, 2.05) is 24.3 Å². The smallest absolute Gasteiger partial charge is 0.246 e. The first-order chi connectivity index (χ1) is 12.0. The molecule has 0 radical (unpaired) electrons. The molecule has 0 N–H and O–H groups in total. The molecule has 1 aromatic heterocycles.